The Morgan fingerprint density at radius 1 is 1.26 bits per heavy atom. The Hall–Kier alpha value is 0.160. The summed E-state index contributed by atoms with van der Waals surface area (Å²) in [6.45, 7) is 4.21. The van der Waals surface area contributed by atoms with Crippen molar-refractivity contribution < 1.29 is 9.53 Å². The molecule has 0 amide bonds. The molecule has 0 N–H and O–H groups in total. The molecule has 1 heterocycles. The fourth-order valence-electron chi connectivity index (χ4n) is 3.56. The summed E-state index contributed by atoms with van der Waals surface area (Å²) in [6, 6.07) is 0. The Morgan fingerprint density at radius 2 is 1.84 bits per heavy atom. The van der Waals surface area contributed by atoms with E-state index in [1.807, 2.05) is 6.92 Å². The molecular formula is C15H26INO2. The second-order valence-electron chi connectivity index (χ2n) is 6.24. The van der Waals surface area contributed by atoms with Crippen molar-refractivity contribution in [2.75, 3.05) is 20.1 Å². The van der Waals surface area contributed by atoms with Gasteiger partial charge in [-0.15, -0.1) is 0 Å². The van der Waals surface area contributed by atoms with Crippen LogP contribution in [0.1, 0.15) is 51.9 Å². The highest BCUT2D eigenvalue weighted by Crippen LogP contribution is 2.42. The molecule has 0 aromatic rings. The number of carbonyl (C=O) groups is 1. The standard InChI is InChI=1S/C15H26INO2/c1-12(16)14(18)19-15(8-4-3-5-9-15)13-6-10-17(2)11-7-13/h12-13H,3-11H2,1-2H3. The molecule has 1 saturated carbocycles. The van der Waals surface area contributed by atoms with Gasteiger partial charge in [0.15, 0.2) is 0 Å². The van der Waals surface area contributed by atoms with E-state index in [0.29, 0.717) is 5.92 Å². The second kappa shape index (κ2) is 6.74. The van der Waals surface area contributed by atoms with Crippen LogP contribution in [0.4, 0.5) is 0 Å². The summed E-state index contributed by atoms with van der Waals surface area (Å²) in [5, 5.41) is 0. The molecule has 1 aliphatic heterocycles. The summed E-state index contributed by atoms with van der Waals surface area (Å²) in [5.41, 5.74) is -0.143. The molecule has 0 aromatic heterocycles. The molecule has 19 heavy (non-hydrogen) atoms. The summed E-state index contributed by atoms with van der Waals surface area (Å²) in [5.74, 6) is 0.560. The fraction of sp³-hybridized carbons (Fsp3) is 0.933. The van der Waals surface area contributed by atoms with Gasteiger partial charge in [-0.3, -0.25) is 4.79 Å². The van der Waals surface area contributed by atoms with Crippen LogP contribution in [0, 0.1) is 5.92 Å². The van der Waals surface area contributed by atoms with Gasteiger partial charge in [0.1, 0.15) is 9.53 Å². The Morgan fingerprint density at radius 3 is 2.37 bits per heavy atom. The molecule has 1 unspecified atom stereocenters. The van der Waals surface area contributed by atoms with E-state index in [9.17, 15) is 4.79 Å². The first-order valence-corrected chi connectivity index (χ1v) is 8.83. The van der Waals surface area contributed by atoms with Crippen molar-refractivity contribution in [1.82, 2.24) is 4.90 Å². The first kappa shape index (κ1) is 15.5. The average molecular weight is 379 g/mol. The normalized spacial score (nSPS) is 26.9. The maximum atomic E-state index is 12.1. The van der Waals surface area contributed by atoms with Crippen molar-refractivity contribution in [3.63, 3.8) is 0 Å². The molecule has 1 aliphatic carbocycles. The predicted octanol–water partition coefficient (Wildman–Crippen LogP) is 3.40. The Bertz CT molecular complexity index is 305. The number of rotatable bonds is 3. The molecule has 0 bridgehead atoms. The van der Waals surface area contributed by atoms with Crippen LogP contribution in [0.2, 0.25) is 0 Å². The topological polar surface area (TPSA) is 29.5 Å². The van der Waals surface area contributed by atoms with E-state index in [1.54, 1.807) is 0 Å². The maximum absolute atomic E-state index is 12.1. The summed E-state index contributed by atoms with van der Waals surface area (Å²) in [4.78, 5) is 14.5. The molecule has 2 rings (SSSR count). The van der Waals surface area contributed by atoms with Crippen LogP contribution in [-0.2, 0) is 9.53 Å². The molecule has 3 nitrogen and oxygen atoms in total. The number of halogens is 1. The summed E-state index contributed by atoms with van der Waals surface area (Å²) in [6.07, 6.45) is 8.25. The number of esters is 1. The van der Waals surface area contributed by atoms with E-state index in [0.717, 1.165) is 25.9 Å². The largest absolute Gasteiger partial charge is 0.458 e. The zero-order chi connectivity index (χ0) is 13.9. The van der Waals surface area contributed by atoms with Crippen LogP contribution in [-0.4, -0.2) is 40.5 Å². The maximum Gasteiger partial charge on any atom is 0.319 e. The highest BCUT2D eigenvalue weighted by atomic mass is 127. The van der Waals surface area contributed by atoms with Gasteiger partial charge in [0.05, 0.1) is 0 Å². The quantitative estimate of drug-likeness (QED) is 0.428. The molecule has 0 spiro atoms. The van der Waals surface area contributed by atoms with Gasteiger partial charge in [0.2, 0.25) is 0 Å². The van der Waals surface area contributed by atoms with Crippen molar-refractivity contribution in [1.29, 1.82) is 0 Å². The van der Waals surface area contributed by atoms with Crippen molar-refractivity contribution in [2.24, 2.45) is 5.92 Å². The SMILES string of the molecule is CC(I)C(=O)OC1(C2CCN(C)CC2)CCCCC1. The number of carbonyl (C=O) groups excluding carboxylic acids is 1. The van der Waals surface area contributed by atoms with E-state index >= 15 is 0 Å². The van der Waals surface area contributed by atoms with Crippen molar-refractivity contribution in [3.8, 4) is 0 Å². The first-order valence-electron chi connectivity index (χ1n) is 7.59. The smallest absolute Gasteiger partial charge is 0.319 e. The lowest BCUT2D eigenvalue weighted by Gasteiger charge is -2.46. The van der Waals surface area contributed by atoms with Gasteiger partial charge < -0.3 is 9.64 Å². The minimum Gasteiger partial charge on any atom is -0.458 e. The van der Waals surface area contributed by atoms with Gasteiger partial charge in [-0.25, -0.2) is 0 Å². The Balaban J connectivity index is 2.07. The van der Waals surface area contributed by atoms with E-state index in [1.165, 1.54) is 32.1 Å². The summed E-state index contributed by atoms with van der Waals surface area (Å²) in [7, 11) is 2.18. The Kier molecular flexibility index (Phi) is 5.52. The number of hydrogen-bond acceptors (Lipinski definition) is 3. The molecule has 1 atom stereocenters. The molecule has 0 aromatic carbocycles. The number of nitrogens with zero attached hydrogens (tertiary/aromatic N) is 1. The van der Waals surface area contributed by atoms with Crippen LogP contribution < -0.4 is 0 Å². The van der Waals surface area contributed by atoms with Gasteiger partial charge in [0.25, 0.3) is 0 Å². The lowest BCUT2D eigenvalue weighted by atomic mass is 9.71. The predicted molar refractivity (Wildman–Crippen MR) is 85.6 cm³/mol. The van der Waals surface area contributed by atoms with Crippen molar-refractivity contribution >= 4 is 28.6 Å². The van der Waals surface area contributed by atoms with Crippen LogP contribution in [0.15, 0.2) is 0 Å². The molecule has 4 heteroatoms. The zero-order valence-electron chi connectivity index (χ0n) is 12.2. The monoisotopic (exact) mass is 379 g/mol. The lowest BCUT2D eigenvalue weighted by Crippen LogP contribution is -2.49. The molecule has 1 saturated heterocycles. The van der Waals surface area contributed by atoms with Gasteiger partial charge in [-0.05, 0) is 65.6 Å². The molecular weight excluding hydrogens is 353 g/mol. The number of hydrogen-bond donors (Lipinski definition) is 0. The Labute approximate surface area is 130 Å². The van der Waals surface area contributed by atoms with Gasteiger partial charge in [-0.2, -0.15) is 0 Å². The average Bonchev–Trinajstić information content (AvgIpc) is 2.40. The minimum atomic E-state index is -0.143. The van der Waals surface area contributed by atoms with Crippen LogP contribution >= 0.6 is 22.6 Å². The highest BCUT2D eigenvalue weighted by molar-refractivity contribution is 14.1. The third kappa shape index (κ3) is 3.84. The number of likely N-dealkylation sites (tertiary alicyclic amines) is 1. The number of ether oxygens (including phenoxy) is 1. The van der Waals surface area contributed by atoms with Gasteiger partial charge in [0, 0.05) is 5.92 Å². The highest BCUT2D eigenvalue weighted by Gasteiger charge is 2.44. The molecule has 2 aliphatic rings. The zero-order valence-corrected chi connectivity index (χ0v) is 14.3. The first-order chi connectivity index (χ1) is 9.03. The summed E-state index contributed by atoms with van der Waals surface area (Å²) < 4.78 is 6.01. The van der Waals surface area contributed by atoms with E-state index < -0.39 is 0 Å². The van der Waals surface area contributed by atoms with Crippen LogP contribution in [0.25, 0.3) is 0 Å². The minimum absolute atomic E-state index is 0.0126. The number of piperidine rings is 1. The molecule has 0 radical (unpaired) electrons. The summed E-state index contributed by atoms with van der Waals surface area (Å²) >= 11 is 2.16. The number of alkyl halides is 1. The van der Waals surface area contributed by atoms with E-state index in [2.05, 4.69) is 34.5 Å². The van der Waals surface area contributed by atoms with Gasteiger partial charge in [-0.1, -0.05) is 29.0 Å². The van der Waals surface area contributed by atoms with E-state index in [-0.39, 0.29) is 15.5 Å². The lowest BCUT2D eigenvalue weighted by molar-refractivity contribution is -0.172. The van der Waals surface area contributed by atoms with Crippen LogP contribution in [0.5, 0.6) is 0 Å². The molecule has 110 valence electrons. The van der Waals surface area contributed by atoms with Gasteiger partial charge >= 0.3 is 5.97 Å². The van der Waals surface area contributed by atoms with Crippen molar-refractivity contribution in [3.05, 3.63) is 0 Å². The molecule has 2 fully saturated rings. The fourth-order valence-corrected chi connectivity index (χ4v) is 3.69. The second-order valence-corrected chi connectivity index (χ2v) is 8.11. The van der Waals surface area contributed by atoms with Crippen molar-refractivity contribution in [2.45, 2.75) is 61.4 Å². The third-order valence-corrected chi connectivity index (χ3v) is 5.30. The van der Waals surface area contributed by atoms with E-state index in [4.69, 9.17) is 4.74 Å². The third-order valence-electron chi connectivity index (χ3n) is 4.79. The van der Waals surface area contributed by atoms with Crippen LogP contribution in [0.3, 0.4) is 0 Å².